The van der Waals surface area contributed by atoms with Gasteiger partial charge in [0.05, 0.1) is 11.6 Å². The number of anilines is 1. The summed E-state index contributed by atoms with van der Waals surface area (Å²) in [7, 11) is 4.01. The Bertz CT molecular complexity index is 768. The second kappa shape index (κ2) is 6.85. The maximum atomic E-state index is 8.71. The van der Waals surface area contributed by atoms with Crippen molar-refractivity contribution in [1.29, 1.82) is 5.26 Å². The van der Waals surface area contributed by atoms with E-state index >= 15 is 0 Å². The third-order valence-corrected chi connectivity index (χ3v) is 2.87. The van der Waals surface area contributed by atoms with Crippen molar-refractivity contribution in [2.45, 2.75) is 0 Å². The molecule has 0 saturated heterocycles. The molecule has 0 N–H and O–H groups in total. The van der Waals surface area contributed by atoms with Crippen molar-refractivity contribution in [3.05, 3.63) is 65.2 Å². The lowest BCUT2D eigenvalue weighted by atomic mass is 10.1. The fourth-order valence-corrected chi connectivity index (χ4v) is 1.68. The van der Waals surface area contributed by atoms with Crippen LogP contribution in [-0.4, -0.2) is 14.1 Å². The largest absolute Gasteiger partial charge is 0.378 e. The summed E-state index contributed by atoms with van der Waals surface area (Å²) in [6, 6.07) is 17.2. The van der Waals surface area contributed by atoms with Crippen LogP contribution in [0.2, 0.25) is 0 Å². The highest BCUT2D eigenvalue weighted by molar-refractivity contribution is 5.51. The molecule has 0 saturated carbocycles. The number of nitriles is 1. The summed E-state index contributed by atoms with van der Waals surface area (Å²) >= 11 is 0. The van der Waals surface area contributed by atoms with E-state index in [9.17, 15) is 0 Å². The molecule has 2 aromatic carbocycles. The number of hydrogen-bond acceptors (Lipinski definition) is 2. The highest BCUT2D eigenvalue weighted by Crippen LogP contribution is 2.11. The highest BCUT2D eigenvalue weighted by Gasteiger charge is 1.93. The van der Waals surface area contributed by atoms with E-state index in [1.165, 1.54) is 0 Å². The molecule has 0 aliphatic carbocycles. The van der Waals surface area contributed by atoms with Crippen LogP contribution in [0.4, 0.5) is 5.69 Å². The van der Waals surface area contributed by atoms with Gasteiger partial charge < -0.3 is 4.90 Å². The second-order valence-corrected chi connectivity index (χ2v) is 4.63. The van der Waals surface area contributed by atoms with Crippen LogP contribution in [0.5, 0.6) is 0 Å². The summed E-state index contributed by atoms with van der Waals surface area (Å²) in [5.74, 6) is 11.6. The molecule has 2 heteroatoms. The van der Waals surface area contributed by atoms with Gasteiger partial charge in [-0.3, -0.25) is 0 Å². The number of hydrogen-bond donors (Lipinski definition) is 0. The van der Waals surface area contributed by atoms with Crippen LogP contribution in [0, 0.1) is 35.0 Å². The first-order valence-corrected chi connectivity index (χ1v) is 6.48. The first kappa shape index (κ1) is 14.3. The van der Waals surface area contributed by atoms with Gasteiger partial charge in [-0.05, 0) is 60.4 Å². The Morgan fingerprint density at radius 2 is 1.14 bits per heavy atom. The minimum atomic E-state index is 0.632. The molecular formula is C19H14N2. The maximum Gasteiger partial charge on any atom is 0.0991 e. The van der Waals surface area contributed by atoms with E-state index in [1.807, 2.05) is 55.4 Å². The third-order valence-electron chi connectivity index (χ3n) is 2.87. The predicted octanol–water partition coefficient (Wildman–Crippen LogP) is 3.03. The fourth-order valence-electron chi connectivity index (χ4n) is 1.68. The zero-order chi connectivity index (χ0) is 15.1. The normalized spacial score (nSPS) is 8.62. The van der Waals surface area contributed by atoms with Crippen LogP contribution in [0.3, 0.4) is 0 Å². The van der Waals surface area contributed by atoms with E-state index < -0.39 is 0 Å². The van der Waals surface area contributed by atoms with E-state index in [-0.39, 0.29) is 0 Å². The van der Waals surface area contributed by atoms with Gasteiger partial charge >= 0.3 is 0 Å². The molecule has 0 spiro atoms. The van der Waals surface area contributed by atoms with Gasteiger partial charge in [-0.25, -0.2) is 0 Å². The SMILES string of the molecule is CN(C)c1ccc(C#CC#Cc2ccc(C#N)cc2)cc1. The van der Waals surface area contributed by atoms with E-state index in [2.05, 4.69) is 29.8 Å². The van der Waals surface area contributed by atoms with Gasteiger partial charge in [0.25, 0.3) is 0 Å². The minimum Gasteiger partial charge on any atom is -0.378 e. The molecule has 0 aromatic heterocycles. The zero-order valence-electron chi connectivity index (χ0n) is 12.0. The van der Waals surface area contributed by atoms with Crippen LogP contribution >= 0.6 is 0 Å². The van der Waals surface area contributed by atoms with E-state index in [4.69, 9.17) is 5.26 Å². The lowest BCUT2D eigenvalue weighted by Crippen LogP contribution is -2.07. The van der Waals surface area contributed by atoms with Gasteiger partial charge in [0.2, 0.25) is 0 Å². The van der Waals surface area contributed by atoms with Crippen molar-refractivity contribution in [3.8, 4) is 29.8 Å². The highest BCUT2D eigenvalue weighted by atomic mass is 15.1. The third kappa shape index (κ3) is 4.17. The zero-order valence-corrected chi connectivity index (χ0v) is 12.0. The van der Waals surface area contributed by atoms with E-state index in [0.29, 0.717) is 5.56 Å². The molecule has 0 fully saturated rings. The van der Waals surface area contributed by atoms with Crippen LogP contribution < -0.4 is 4.90 Å². The van der Waals surface area contributed by atoms with Gasteiger partial charge in [-0.2, -0.15) is 5.26 Å². The van der Waals surface area contributed by atoms with Gasteiger partial charge in [-0.15, -0.1) is 0 Å². The van der Waals surface area contributed by atoms with Crippen molar-refractivity contribution in [2.75, 3.05) is 19.0 Å². The molecule has 0 unspecified atom stereocenters. The van der Waals surface area contributed by atoms with Crippen LogP contribution in [0.15, 0.2) is 48.5 Å². The Balaban J connectivity index is 2.06. The molecule has 2 aromatic rings. The van der Waals surface area contributed by atoms with E-state index in [0.717, 1.165) is 16.8 Å². The Kier molecular flexibility index (Phi) is 4.66. The Labute approximate surface area is 125 Å². The molecule has 0 atom stereocenters. The Morgan fingerprint density at radius 3 is 1.57 bits per heavy atom. The monoisotopic (exact) mass is 270 g/mol. The van der Waals surface area contributed by atoms with Crippen LogP contribution in [0.25, 0.3) is 0 Å². The smallest absolute Gasteiger partial charge is 0.0991 e. The molecule has 100 valence electrons. The number of rotatable bonds is 1. The van der Waals surface area contributed by atoms with Crippen LogP contribution in [-0.2, 0) is 0 Å². The topological polar surface area (TPSA) is 27.0 Å². The lowest BCUT2D eigenvalue weighted by Gasteiger charge is -2.11. The molecular weight excluding hydrogens is 256 g/mol. The molecule has 0 radical (unpaired) electrons. The Hall–Kier alpha value is -3.15. The molecule has 0 aliphatic rings. The van der Waals surface area contributed by atoms with E-state index in [1.54, 1.807) is 12.1 Å². The lowest BCUT2D eigenvalue weighted by molar-refractivity contribution is 1.13. The molecule has 2 rings (SSSR count). The fraction of sp³-hybridized carbons (Fsp3) is 0.105. The minimum absolute atomic E-state index is 0.632. The van der Waals surface area contributed by atoms with Crippen molar-refractivity contribution in [3.63, 3.8) is 0 Å². The van der Waals surface area contributed by atoms with Gasteiger partial charge in [0.15, 0.2) is 0 Å². The molecule has 0 bridgehead atoms. The Morgan fingerprint density at radius 1 is 0.714 bits per heavy atom. The van der Waals surface area contributed by atoms with Gasteiger partial charge in [0.1, 0.15) is 0 Å². The molecule has 0 heterocycles. The average molecular weight is 270 g/mol. The summed E-state index contributed by atoms with van der Waals surface area (Å²) in [5.41, 5.74) is 3.57. The summed E-state index contributed by atoms with van der Waals surface area (Å²) in [4.78, 5) is 2.04. The number of nitrogens with zero attached hydrogens (tertiary/aromatic N) is 2. The summed E-state index contributed by atoms with van der Waals surface area (Å²) in [5, 5.41) is 8.71. The molecule has 2 nitrogen and oxygen atoms in total. The molecule has 21 heavy (non-hydrogen) atoms. The standard InChI is InChI=1S/C19H14N2/c1-21(2)19-13-11-17(12-14-19)6-4-3-5-16-7-9-18(15-20)10-8-16/h7-14H,1-2H3. The van der Waals surface area contributed by atoms with Gasteiger partial charge in [0, 0.05) is 30.9 Å². The van der Waals surface area contributed by atoms with Crippen molar-refractivity contribution in [1.82, 2.24) is 0 Å². The van der Waals surface area contributed by atoms with Crippen molar-refractivity contribution >= 4 is 5.69 Å². The van der Waals surface area contributed by atoms with Crippen molar-refractivity contribution < 1.29 is 0 Å². The average Bonchev–Trinajstić information content (AvgIpc) is 2.52. The maximum absolute atomic E-state index is 8.71. The second-order valence-electron chi connectivity index (χ2n) is 4.63. The molecule has 0 aliphatic heterocycles. The molecule has 0 amide bonds. The first-order valence-electron chi connectivity index (χ1n) is 6.48. The summed E-state index contributed by atoms with van der Waals surface area (Å²) in [6.07, 6.45) is 0. The van der Waals surface area contributed by atoms with Crippen LogP contribution in [0.1, 0.15) is 16.7 Å². The summed E-state index contributed by atoms with van der Waals surface area (Å²) in [6.45, 7) is 0. The van der Waals surface area contributed by atoms with Gasteiger partial charge in [-0.1, -0.05) is 11.8 Å². The summed E-state index contributed by atoms with van der Waals surface area (Å²) < 4.78 is 0. The number of benzene rings is 2. The predicted molar refractivity (Wildman–Crippen MR) is 85.7 cm³/mol. The first-order chi connectivity index (χ1) is 10.2. The van der Waals surface area contributed by atoms with Crippen molar-refractivity contribution in [2.24, 2.45) is 0 Å². The quantitative estimate of drug-likeness (QED) is 0.745.